The Labute approximate surface area is 157 Å². The molecule has 0 atom stereocenters. The summed E-state index contributed by atoms with van der Waals surface area (Å²) in [5.41, 5.74) is 1.66. The Bertz CT molecular complexity index is 959. The van der Waals surface area contributed by atoms with Gasteiger partial charge >= 0.3 is 0 Å². The van der Waals surface area contributed by atoms with Crippen LogP contribution in [0.5, 0.6) is 0 Å². The number of carbonyl (C=O) groups is 1. The number of nitrogens with zero attached hydrogens (tertiary/aromatic N) is 5. The second kappa shape index (κ2) is 8.59. The van der Waals surface area contributed by atoms with Gasteiger partial charge in [0.15, 0.2) is 0 Å². The molecule has 0 aliphatic carbocycles. The summed E-state index contributed by atoms with van der Waals surface area (Å²) in [6.07, 6.45) is 1.45. The third-order valence-electron chi connectivity index (χ3n) is 4.50. The monoisotopic (exact) mass is 368 g/mol. The van der Waals surface area contributed by atoms with Gasteiger partial charge in [-0.25, -0.2) is 9.20 Å². The van der Waals surface area contributed by atoms with Crippen LogP contribution in [0.15, 0.2) is 47.5 Å². The molecule has 0 saturated heterocycles. The molecular formula is C19H24N6O2. The molecule has 0 radical (unpaired) electrons. The maximum Gasteiger partial charge on any atom is 0.293 e. The third kappa shape index (κ3) is 4.40. The van der Waals surface area contributed by atoms with Gasteiger partial charge in [-0.3, -0.25) is 9.59 Å². The van der Waals surface area contributed by atoms with Gasteiger partial charge in [0.1, 0.15) is 18.4 Å². The lowest BCUT2D eigenvalue weighted by Crippen LogP contribution is -2.38. The van der Waals surface area contributed by atoms with Crippen molar-refractivity contribution in [3.8, 4) is 11.3 Å². The van der Waals surface area contributed by atoms with E-state index in [1.54, 1.807) is 6.07 Å². The zero-order chi connectivity index (χ0) is 19.2. The van der Waals surface area contributed by atoms with Crippen molar-refractivity contribution in [2.45, 2.75) is 20.4 Å². The minimum absolute atomic E-state index is 0.112. The number of hydrogen-bond acceptors (Lipinski definition) is 5. The number of nitrogens with one attached hydrogen (secondary N) is 1. The molecule has 8 nitrogen and oxygen atoms in total. The Morgan fingerprint density at radius 2 is 1.93 bits per heavy atom. The van der Waals surface area contributed by atoms with E-state index in [9.17, 15) is 9.59 Å². The van der Waals surface area contributed by atoms with E-state index < -0.39 is 0 Å². The average Bonchev–Trinajstić information content (AvgIpc) is 3.13. The van der Waals surface area contributed by atoms with Gasteiger partial charge in [0.2, 0.25) is 5.91 Å². The molecule has 27 heavy (non-hydrogen) atoms. The average molecular weight is 368 g/mol. The molecular weight excluding hydrogens is 344 g/mol. The van der Waals surface area contributed by atoms with Crippen LogP contribution in [0, 0.1) is 0 Å². The second-order valence-electron chi connectivity index (χ2n) is 6.20. The maximum absolute atomic E-state index is 12.6. The Morgan fingerprint density at radius 1 is 1.19 bits per heavy atom. The molecule has 0 unspecified atom stereocenters. The number of hydrogen-bond donors (Lipinski definition) is 1. The molecule has 3 rings (SSSR count). The van der Waals surface area contributed by atoms with Crippen LogP contribution >= 0.6 is 0 Å². The number of likely N-dealkylation sites (N-methyl/N-ethyl adjacent to an activating group) is 1. The van der Waals surface area contributed by atoms with Crippen molar-refractivity contribution in [2.75, 3.05) is 26.2 Å². The number of carbonyl (C=O) groups excluding carboxylic acids is 1. The Hall–Kier alpha value is -3.00. The summed E-state index contributed by atoms with van der Waals surface area (Å²) in [6.45, 7) is 7.26. The van der Waals surface area contributed by atoms with Gasteiger partial charge in [-0.15, -0.1) is 0 Å². The Kier molecular flexibility index (Phi) is 5.97. The molecule has 0 saturated carbocycles. The standard InChI is InChI=1S/C19H24N6O2/c1-3-23(4-2)11-10-20-18(26)13-24-19(27)17-12-16(22-25(17)14-21-24)15-8-6-5-7-9-15/h5-9,12,14H,3-4,10-11,13H2,1-2H3,(H,20,26). The summed E-state index contributed by atoms with van der Waals surface area (Å²) in [7, 11) is 0. The zero-order valence-electron chi connectivity index (χ0n) is 15.6. The molecule has 2 aromatic heterocycles. The van der Waals surface area contributed by atoms with E-state index in [4.69, 9.17) is 0 Å². The quantitative estimate of drug-likeness (QED) is 0.642. The molecule has 3 aromatic rings. The molecule has 2 heterocycles. The number of benzene rings is 1. The molecule has 1 amide bonds. The molecule has 1 N–H and O–H groups in total. The van der Waals surface area contributed by atoms with Gasteiger partial charge in [0.25, 0.3) is 5.56 Å². The van der Waals surface area contributed by atoms with Crippen molar-refractivity contribution in [3.05, 3.63) is 53.1 Å². The van der Waals surface area contributed by atoms with Crippen LogP contribution in [-0.2, 0) is 11.3 Å². The van der Waals surface area contributed by atoms with E-state index >= 15 is 0 Å². The molecule has 1 aromatic carbocycles. The van der Waals surface area contributed by atoms with Gasteiger partial charge in [0, 0.05) is 18.7 Å². The predicted octanol–water partition coefficient (Wildman–Crippen LogP) is 1.02. The number of rotatable bonds is 8. The minimum Gasteiger partial charge on any atom is -0.353 e. The molecule has 0 spiro atoms. The highest BCUT2D eigenvalue weighted by Gasteiger charge is 2.12. The lowest BCUT2D eigenvalue weighted by molar-refractivity contribution is -0.121. The van der Waals surface area contributed by atoms with Gasteiger partial charge < -0.3 is 10.2 Å². The fourth-order valence-electron chi connectivity index (χ4n) is 2.89. The van der Waals surface area contributed by atoms with Crippen molar-refractivity contribution in [3.63, 3.8) is 0 Å². The first kappa shape index (κ1) is 18.8. The largest absolute Gasteiger partial charge is 0.353 e. The predicted molar refractivity (Wildman–Crippen MR) is 103 cm³/mol. The van der Waals surface area contributed by atoms with E-state index in [0.717, 1.165) is 25.2 Å². The van der Waals surface area contributed by atoms with Crippen molar-refractivity contribution in [2.24, 2.45) is 0 Å². The molecule has 0 aliphatic heterocycles. The first-order valence-corrected chi connectivity index (χ1v) is 9.12. The summed E-state index contributed by atoms with van der Waals surface area (Å²) in [6, 6.07) is 11.3. The second-order valence-corrected chi connectivity index (χ2v) is 6.20. The first-order chi connectivity index (χ1) is 13.1. The highest BCUT2D eigenvalue weighted by molar-refractivity contribution is 5.75. The summed E-state index contributed by atoms with van der Waals surface area (Å²) in [4.78, 5) is 27.0. The lowest BCUT2D eigenvalue weighted by atomic mass is 10.1. The van der Waals surface area contributed by atoms with Crippen LogP contribution in [0.3, 0.4) is 0 Å². The van der Waals surface area contributed by atoms with Crippen LogP contribution in [0.25, 0.3) is 16.8 Å². The number of amides is 1. The van der Waals surface area contributed by atoms with E-state index in [-0.39, 0.29) is 18.0 Å². The smallest absolute Gasteiger partial charge is 0.293 e. The third-order valence-corrected chi connectivity index (χ3v) is 4.50. The highest BCUT2D eigenvalue weighted by Crippen LogP contribution is 2.17. The fraction of sp³-hybridized carbons (Fsp3) is 0.368. The maximum atomic E-state index is 12.6. The van der Waals surface area contributed by atoms with Gasteiger partial charge in [-0.2, -0.15) is 10.2 Å². The minimum atomic E-state index is -0.342. The fourth-order valence-corrected chi connectivity index (χ4v) is 2.89. The molecule has 0 bridgehead atoms. The zero-order valence-corrected chi connectivity index (χ0v) is 15.6. The topological polar surface area (TPSA) is 84.5 Å². The molecule has 8 heteroatoms. The molecule has 142 valence electrons. The van der Waals surface area contributed by atoms with E-state index in [0.29, 0.717) is 17.8 Å². The summed E-state index contributed by atoms with van der Waals surface area (Å²) >= 11 is 0. The van der Waals surface area contributed by atoms with Crippen LogP contribution in [0.2, 0.25) is 0 Å². The van der Waals surface area contributed by atoms with Crippen molar-refractivity contribution in [1.29, 1.82) is 0 Å². The van der Waals surface area contributed by atoms with Crippen molar-refractivity contribution >= 4 is 11.4 Å². The van der Waals surface area contributed by atoms with Crippen molar-refractivity contribution < 1.29 is 4.79 Å². The van der Waals surface area contributed by atoms with Crippen LogP contribution in [0.4, 0.5) is 0 Å². The highest BCUT2D eigenvalue weighted by atomic mass is 16.2. The summed E-state index contributed by atoms with van der Waals surface area (Å²) < 4.78 is 2.61. The molecule has 0 fully saturated rings. The molecule has 0 aliphatic rings. The lowest BCUT2D eigenvalue weighted by Gasteiger charge is -2.17. The van der Waals surface area contributed by atoms with Crippen molar-refractivity contribution in [1.82, 2.24) is 29.6 Å². The number of aromatic nitrogens is 4. The van der Waals surface area contributed by atoms with Crippen LogP contribution < -0.4 is 10.9 Å². The van der Waals surface area contributed by atoms with E-state index in [2.05, 4.69) is 34.3 Å². The van der Waals surface area contributed by atoms with E-state index in [1.165, 1.54) is 15.5 Å². The summed E-state index contributed by atoms with van der Waals surface area (Å²) in [5, 5.41) is 11.3. The van der Waals surface area contributed by atoms with Gasteiger partial charge in [-0.1, -0.05) is 44.2 Å². The Morgan fingerprint density at radius 3 is 2.63 bits per heavy atom. The van der Waals surface area contributed by atoms with Crippen LogP contribution in [0.1, 0.15) is 13.8 Å². The van der Waals surface area contributed by atoms with E-state index in [1.807, 2.05) is 30.3 Å². The SMILES string of the molecule is CCN(CC)CCNC(=O)Cn1ncn2nc(-c3ccccc3)cc2c1=O. The van der Waals surface area contributed by atoms with Crippen LogP contribution in [-0.4, -0.2) is 56.4 Å². The van der Waals surface area contributed by atoms with Gasteiger partial charge in [0.05, 0.1) is 5.69 Å². The summed E-state index contributed by atoms with van der Waals surface area (Å²) in [5.74, 6) is -0.232. The van der Waals surface area contributed by atoms with Gasteiger partial charge in [-0.05, 0) is 19.2 Å². The Balaban J connectivity index is 1.71. The number of fused-ring (bicyclic) bond motifs is 1. The first-order valence-electron chi connectivity index (χ1n) is 9.12. The normalized spacial score (nSPS) is 11.2.